The molecule has 0 aromatic heterocycles. The van der Waals surface area contributed by atoms with Crippen molar-refractivity contribution in [3.63, 3.8) is 0 Å². The second kappa shape index (κ2) is 5.99. The second-order valence-electron chi connectivity index (χ2n) is 7.77. The van der Waals surface area contributed by atoms with Crippen molar-refractivity contribution in [3.8, 4) is 0 Å². The fourth-order valence-corrected chi connectivity index (χ4v) is 3.51. The number of carbonyl (C=O) groups excluding carboxylic acids is 2. The predicted octanol–water partition coefficient (Wildman–Crippen LogP) is 3.75. The van der Waals surface area contributed by atoms with Gasteiger partial charge in [0.05, 0.1) is 0 Å². The molecule has 124 valence electrons. The molecule has 1 saturated carbocycles. The van der Waals surface area contributed by atoms with Gasteiger partial charge in [0, 0.05) is 29.3 Å². The summed E-state index contributed by atoms with van der Waals surface area (Å²) < 4.78 is 0. The molecule has 0 bridgehead atoms. The van der Waals surface area contributed by atoms with Gasteiger partial charge in [-0.2, -0.15) is 0 Å². The van der Waals surface area contributed by atoms with Crippen LogP contribution in [0.3, 0.4) is 0 Å². The van der Waals surface area contributed by atoms with Crippen LogP contribution in [0.25, 0.3) is 0 Å². The molecule has 1 heterocycles. The largest absolute Gasteiger partial charge is 0.326 e. The van der Waals surface area contributed by atoms with Crippen LogP contribution in [0.1, 0.15) is 52.0 Å². The van der Waals surface area contributed by atoms with E-state index >= 15 is 0 Å². The van der Waals surface area contributed by atoms with E-state index in [-0.39, 0.29) is 17.7 Å². The summed E-state index contributed by atoms with van der Waals surface area (Å²) in [7, 11) is 0. The van der Waals surface area contributed by atoms with Gasteiger partial charge >= 0.3 is 0 Å². The number of hydrogen-bond donors (Lipinski definition) is 1. The molecule has 2 amide bonds. The van der Waals surface area contributed by atoms with Crippen LogP contribution in [-0.2, 0) is 16.0 Å². The molecule has 2 aliphatic rings. The van der Waals surface area contributed by atoms with Crippen molar-refractivity contribution in [1.29, 1.82) is 0 Å². The molecule has 4 heteroatoms. The molecule has 1 N–H and O–H groups in total. The first-order chi connectivity index (χ1) is 10.9. The van der Waals surface area contributed by atoms with Crippen LogP contribution in [0, 0.1) is 11.3 Å². The molecule has 3 rings (SSSR count). The van der Waals surface area contributed by atoms with Gasteiger partial charge in [0.15, 0.2) is 0 Å². The van der Waals surface area contributed by atoms with Crippen molar-refractivity contribution in [2.24, 2.45) is 11.3 Å². The summed E-state index contributed by atoms with van der Waals surface area (Å²) in [5.41, 5.74) is 2.54. The molecule has 1 aromatic rings. The monoisotopic (exact) mass is 314 g/mol. The molecule has 1 aromatic carbocycles. The third-order valence-corrected chi connectivity index (χ3v) is 4.86. The Morgan fingerprint density at radius 1 is 1.17 bits per heavy atom. The first-order valence-corrected chi connectivity index (χ1v) is 8.62. The standard InChI is InChI=1S/C19H26N2O2/c1-19(2,3)18(23)21-11-10-13-8-9-15(12-16(13)21)20-17(22)14-6-4-5-7-14/h8-9,12,14H,4-7,10-11H2,1-3H3,(H,20,22). The van der Waals surface area contributed by atoms with Gasteiger partial charge in [-0.1, -0.05) is 39.7 Å². The van der Waals surface area contributed by atoms with Crippen LogP contribution in [-0.4, -0.2) is 18.4 Å². The van der Waals surface area contributed by atoms with Crippen LogP contribution in [0.2, 0.25) is 0 Å². The number of nitrogens with one attached hydrogen (secondary N) is 1. The highest BCUT2D eigenvalue weighted by atomic mass is 16.2. The van der Waals surface area contributed by atoms with Crippen LogP contribution >= 0.6 is 0 Å². The fourth-order valence-electron chi connectivity index (χ4n) is 3.51. The SMILES string of the molecule is CC(C)(C)C(=O)N1CCc2ccc(NC(=O)C3CCCC3)cc21. The lowest BCUT2D eigenvalue weighted by atomic mass is 9.94. The van der Waals surface area contributed by atoms with E-state index < -0.39 is 5.41 Å². The van der Waals surface area contributed by atoms with Crippen LogP contribution < -0.4 is 10.2 Å². The summed E-state index contributed by atoms with van der Waals surface area (Å²) in [6.07, 6.45) is 5.16. The van der Waals surface area contributed by atoms with E-state index in [4.69, 9.17) is 0 Å². The van der Waals surface area contributed by atoms with E-state index in [0.29, 0.717) is 0 Å². The zero-order chi connectivity index (χ0) is 16.6. The lowest BCUT2D eigenvalue weighted by molar-refractivity contribution is -0.125. The first-order valence-electron chi connectivity index (χ1n) is 8.62. The van der Waals surface area contributed by atoms with E-state index in [1.54, 1.807) is 0 Å². The van der Waals surface area contributed by atoms with Gasteiger partial charge in [0.1, 0.15) is 0 Å². The minimum atomic E-state index is -0.398. The van der Waals surface area contributed by atoms with Crippen molar-refractivity contribution in [2.45, 2.75) is 52.9 Å². The van der Waals surface area contributed by atoms with Crippen molar-refractivity contribution in [1.82, 2.24) is 0 Å². The average molecular weight is 314 g/mol. The van der Waals surface area contributed by atoms with Gasteiger partial charge in [-0.15, -0.1) is 0 Å². The molecular weight excluding hydrogens is 288 g/mol. The van der Waals surface area contributed by atoms with Gasteiger partial charge in [-0.05, 0) is 37.0 Å². The molecule has 23 heavy (non-hydrogen) atoms. The number of amides is 2. The van der Waals surface area contributed by atoms with Crippen molar-refractivity contribution in [2.75, 3.05) is 16.8 Å². The molecule has 0 saturated heterocycles. The van der Waals surface area contributed by atoms with Gasteiger partial charge in [0.2, 0.25) is 11.8 Å². The van der Waals surface area contributed by atoms with E-state index in [1.165, 1.54) is 5.56 Å². The van der Waals surface area contributed by atoms with E-state index in [1.807, 2.05) is 43.9 Å². The quantitative estimate of drug-likeness (QED) is 0.904. The Morgan fingerprint density at radius 2 is 1.87 bits per heavy atom. The summed E-state index contributed by atoms with van der Waals surface area (Å²) >= 11 is 0. The topological polar surface area (TPSA) is 49.4 Å². The van der Waals surface area contributed by atoms with Gasteiger partial charge in [0.25, 0.3) is 0 Å². The maximum absolute atomic E-state index is 12.6. The van der Waals surface area contributed by atoms with E-state index in [2.05, 4.69) is 5.32 Å². The second-order valence-corrected chi connectivity index (χ2v) is 7.77. The summed E-state index contributed by atoms with van der Waals surface area (Å²) in [4.78, 5) is 26.8. The Morgan fingerprint density at radius 3 is 2.52 bits per heavy atom. The highest BCUT2D eigenvalue weighted by Crippen LogP contribution is 2.34. The number of anilines is 2. The molecule has 1 aliphatic heterocycles. The summed E-state index contributed by atoms with van der Waals surface area (Å²) in [6, 6.07) is 5.95. The molecule has 4 nitrogen and oxygen atoms in total. The van der Waals surface area contributed by atoms with Crippen LogP contribution in [0.15, 0.2) is 18.2 Å². The maximum atomic E-state index is 12.6. The smallest absolute Gasteiger partial charge is 0.232 e. The Hall–Kier alpha value is -1.84. The number of hydrogen-bond acceptors (Lipinski definition) is 2. The predicted molar refractivity (Wildman–Crippen MR) is 92.5 cm³/mol. The number of nitrogens with zero attached hydrogens (tertiary/aromatic N) is 1. The Labute approximate surface area is 138 Å². The molecule has 0 spiro atoms. The van der Waals surface area contributed by atoms with Gasteiger partial charge in [-0.25, -0.2) is 0 Å². The highest BCUT2D eigenvalue weighted by Gasteiger charge is 2.32. The summed E-state index contributed by atoms with van der Waals surface area (Å²) in [5.74, 6) is 0.403. The first kappa shape index (κ1) is 16.0. The minimum Gasteiger partial charge on any atom is -0.326 e. The fraction of sp³-hybridized carbons (Fsp3) is 0.579. The van der Waals surface area contributed by atoms with Crippen molar-refractivity contribution < 1.29 is 9.59 Å². The Kier molecular flexibility index (Phi) is 4.17. The average Bonchev–Trinajstić information content (AvgIpc) is 3.14. The Balaban J connectivity index is 1.78. The van der Waals surface area contributed by atoms with E-state index in [9.17, 15) is 9.59 Å². The molecule has 0 radical (unpaired) electrons. The van der Waals surface area contributed by atoms with Crippen molar-refractivity contribution in [3.05, 3.63) is 23.8 Å². The lowest BCUT2D eigenvalue weighted by Gasteiger charge is -2.26. The lowest BCUT2D eigenvalue weighted by Crippen LogP contribution is -2.38. The Bertz CT molecular complexity index is 625. The number of carbonyl (C=O) groups is 2. The summed E-state index contributed by atoms with van der Waals surface area (Å²) in [6.45, 7) is 6.56. The zero-order valence-corrected chi connectivity index (χ0v) is 14.3. The molecular formula is C19H26N2O2. The van der Waals surface area contributed by atoms with Crippen LogP contribution in [0.4, 0.5) is 11.4 Å². The maximum Gasteiger partial charge on any atom is 0.232 e. The van der Waals surface area contributed by atoms with Crippen LogP contribution in [0.5, 0.6) is 0 Å². The van der Waals surface area contributed by atoms with Crippen molar-refractivity contribution >= 4 is 23.2 Å². The third kappa shape index (κ3) is 3.26. The molecule has 0 unspecified atom stereocenters. The van der Waals surface area contributed by atoms with Gasteiger partial charge < -0.3 is 10.2 Å². The van der Waals surface area contributed by atoms with Gasteiger partial charge in [-0.3, -0.25) is 9.59 Å². The highest BCUT2D eigenvalue weighted by molar-refractivity contribution is 6.00. The molecule has 1 aliphatic carbocycles. The van der Waals surface area contributed by atoms with E-state index in [0.717, 1.165) is 50.0 Å². The number of rotatable bonds is 2. The normalized spacial score (nSPS) is 18.1. The third-order valence-electron chi connectivity index (χ3n) is 4.86. The number of fused-ring (bicyclic) bond motifs is 1. The molecule has 1 fully saturated rings. The minimum absolute atomic E-state index is 0.120. The molecule has 0 atom stereocenters. The number of benzene rings is 1. The zero-order valence-electron chi connectivity index (χ0n) is 14.3. The summed E-state index contributed by atoms with van der Waals surface area (Å²) in [5, 5.41) is 3.03.